The summed E-state index contributed by atoms with van der Waals surface area (Å²) in [6.07, 6.45) is 1.21. The van der Waals surface area contributed by atoms with Gasteiger partial charge in [0.15, 0.2) is 5.96 Å². The van der Waals surface area contributed by atoms with Crippen LogP contribution in [0.15, 0.2) is 50.6 Å². The van der Waals surface area contributed by atoms with E-state index in [9.17, 15) is 0 Å². The highest BCUT2D eigenvalue weighted by Gasteiger charge is 2.22. The van der Waals surface area contributed by atoms with Gasteiger partial charge in [-0.05, 0) is 59.0 Å². The molecule has 1 aromatic carbocycles. The Morgan fingerprint density at radius 2 is 2.08 bits per heavy atom. The molecule has 1 saturated heterocycles. The molecule has 0 radical (unpaired) electrons. The lowest BCUT2D eigenvalue weighted by atomic mass is 10.1. The molecule has 2 aromatic rings. The van der Waals surface area contributed by atoms with Crippen molar-refractivity contribution < 1.29 is 0 Å². The molecule has 0 bridgehead atoms. The zero-order valence-corrected chi connectivity index (χ0v) is 19.0. The minimum Gasteiger partial charge on any atom is -0.371 e. The number of anilines is 1. The number of guanidine groups is 1. The third-order valence-electron chi connectivity index (χ3n) is 4.30. The molecule has 0 spiro atoms. The third-order valence-corrected chi connectivity index (χ3v) is 5.56. The van der Waals surface area contributed by atoms with Gasteiger partial charge in [-0.1, -0.05) is 15.9 Å². The quantitative estimate of drug-likeness (QED) is 0.341. The van der Waals surface area contributed by atoms with Crippen LogP contribution in [0.5, 0.6) is 0 Å². The maximum Gasteiger partial charge on any atom is 0.191 e. The number of halogens is 2. The summed E-state index contributed by atoms with van der Waals surface area (Å²) in [4.78, 5) is 6.77. The van der Waals surface area contributed by atoms with Crippen LogP contribution in [-0.2, 0) is 6.54 Å². The second-order valence-electron chi connectivity index (χ2n) is 6.02. The van der Waals surface area contributed by atoms with Gasteiger partial charge in [0.1, 0.15) is 0 Å². The molecule has 25 heavy (non-hydrogen) atoms. The predicted molar refractivity (Wildman–Crippen MR) is 122 cm³/mol. The fraction of sp³-hybridized carbons (Fsp3) is 0.389. The normalized spacial score (nSPS) is 17.3. The van der Waals surface area contributed by atoms with Crippen molar-refractivity contribution in [3.05, 3.63) is 51.1 Å². The van der Waals surface area contributed by atoms with Gasteiger partial charge < -0.3 is 15.5 Å². The molecule has 2 N–H and O–H groups in total. The van der Waals surface area contributed by atoms with Crippen molar-refractivity contribution in [3.8, 4) is 0 Å². The molecule has 2 heterocycles. The van der Waals surface area contributed by atoms with Gasteiger partial charge in [0.2, 0.25) is 0 Å². The molecular weight excluding hydrogens is 511 g/mol. The summed E-state index contributed by atoms with van der Waals surface area (Å²) in [6, 6.07) is 10.7. The van der Waals surface area contributed by atoms with E-state index in [0.29, 0.717) is 5.92 Å². The van der Waals surface area contributed by atoms with Gasteiger partial charge in [0, 0.05) is 43.4 Å². The summed E-state index contributed by atoms with van der Waals surface area (Å²) < 4.78 is 1.13. The highest BCUT2D eigenvalue weighted by molar-refractivity contribution is 14.0. The first kappa shape index (κ1) is 20.5. The van der Waals surface area contributed by atoms with E-state index in [2.05, 4.69) is 77.5 Å². The number of nitrogens with one attached hydrogen (secondary N) is 2. The lowest BCUT2D eigenvalue weighted by Gasteiger charge is -2.19. The number of nitrogens with zero attached hydrogens (tertiary/aromatic N) is 2. The Labute approximate surface area is 179 Å². The average molecular weight is 535 g/mol. The summed E-state index contributed by atoms with van der Waals surface area (Å²) in [5.74, 6) is 1.52. The van der Waals surface area contributed by atoms with Gasteiger partial charge >= 0.3 is 0 Å². The molecule has 1 aliphatic heterocycles. The summed E-state index contributed by atoms with van der Waals surface area (Å²) in [6.45, 7) is 3.99. The van der Waals surface area contributed by atoms with Crippen molar-refractivity contribution in [2.45, 2.75) is 13.0 Å². The largest absolute Gasteiger partial charge is 0.371 e. The molecule has 1 fully saturated rings. The molecule has 1 aliphatic rings. The Morgan fingerprint density at radius 1 is 1.28 bits per heavy atom. The molecule has 0 aliphatic carbocycles. The van der Waals surface area contributed by atoms with Crippen LogP contribution in [0.2, 0.25) is 0 Å². The van der Waals surface area contributed by atoms with Crippen LogP contribution in [0.3, 0.4) is 0 Å². The number of benzene rings is 1. The third kappa shape index (κ3) is 6.14. The van der Waals surface area contributed by atoms with Crippen molar-refractivity contribution in [1.29, 1.82) is 0 Å². The van der Waals surface area contributed by atoms with E-state index in [1.54, 1.807) is 11.3 Å². The number of hydrogen-bond acceptors (Lipinski definition) is 3. The van der Waals surface area contributed by atoms with Crippen LogP contribution in [0.25, 0.3) is 0 Å². The van der Waals surface area contributed by atoms with E-state index in [1.165, 1.54) is 17.7 Å². The van der Waals surface area contributed by atoms with Gasteiger partial charge in [-0.15, -0.1) is 24.0 Å². The van der Waals surface area contributed by atoms with E-state index in [0.717, 1.165) is 36.6 Å². The highest BCUT2D eigenvalue weighted by atomic mass is 127. The molecule has 0 saturated carbocycles. The lowest BCUT2D eigenvalue weighted by Crippen LogP contribution is -2.39. The molecule has 7 heteroatoms. The summed E-state index contributed by atoms with van der Waals surface area (Å²) in [7, 11) is 1.83. The van der Waals surface area contributed by atoms with Gasteiger partial charge in [0.25, 0.3) is 0 Å². The van der Waals surface area contributed by atoms with Crippen LogP contribution in [0.1, 0.15) is 12.0 Å². The maximum absolute atomic E-state index is 4.31. The van der Waals surface area contributed by atoms with Gasteiger partial charge in [0.05, 0.1) is 0 Å². The van der Waals surface area contributed by atoms with E-state index < -0.39 is 0 Å². The second kappa shape index (κ2) is 10.4. The Bertz CT molecular complexity index is 660. The first-order chi connectivity index (χ1) is 11.7. The monoisotopic (exact) mass is 534 g/mol. The smallest absolute Gasteiger partial charge is 0.191 e. The summed E-state index contributed by atoms with van der Waals surface area (Å²) >= 11 is 5.22. The van der Waals surface area contributed by atoms with E-state index in [4.69, 9.17) is 0 Å². The van der Waals surface area contributed by atoms with Crippen LogP contribution < -0.4 is 15.5 Å². The number of thiophene rings is 1. The molecule has 1 atom stereocenters. The van der Waals surface area contributed by atoms with Crippen molar-refractivity contribution in [1.82, 2.24) is 10.6 Å². The molecule has 4 nitrogen and oxygen atoms in total. The first-order valence-electron chi connectivity index (χ1n) is 8.20. The standard InChI is InChI=1S/C18H23BrN4S.HI/c1-20-18(22-11-15-7-9-24-13-15)21-10-14-6-8-23(12-14)17-4-2-16(19)3-5-17;/h2-5,7,9,13-14H,6,8,10-12H2,1H3,(H2,20,21,22);1H. The van der Waals surface area contributed by atoms with Gasteiger partial charge in [-0.25, -0.2) is 0 Å². The Morgan fingerprint density at radius 3 is 2.76 bits per heavy atom. The zero-order valence-electron chi connectivity index (χ0n) is 14.2. The van der Waals surface area contributed by atoms with Crippen LogP contribution in [0.4, 0.5) is 5.69 Å². The van der Waals surface area contributed by atoms with Crippen LogP contribution in [0, 0.1) is 5.92 Å². The Kier molecular flexibility index (Phi) is 8.51. The van der Waals surface area contributed by atoms with Crippen molar-refractivity contribution in [2.24, 2.45) is 10.9 Å². The molecule has 136 valence electrons. The number of rotatable bonds is 5. The van der Waals surface area contributed by atoms with Crippen molar-refractivity contribution in [2.75, 3.05) is 31.6 Å². The zero-order chi connectivity index (χ0) is 16.8. The predicted octanol–water partition coefficient (Wildman–Crippen LogP) is 4.32. The van der Waals surface area contributed by atoms with E-state index in [1.807, 2.05) is 7.05 Å². The number of hydrogen-bond donors (Lipinski definition) is 2. The average Bonchev–Trinajstić information content (AvgIpc) is 3.27. The molecule has 0 amide bonds. The number of aliphatic imine (C=N–C) groups is 1. The van der Waals surface area contributed by atoms with Crippen molar-refractivity contribution in [3.63, 3.8) is 0 Å². The molecule has 1 aromatic heterocycles. The summed E-state index contributed by atoms with van der Waals surface area (Å²) in [5.41, 5.74) is 2.60. The van der Waals surface area contributed by atoms with E-state index in [-0.39, 0.29) is 24.0 Å². The molecule has 3 rings (SSSR count). The van der Waals surface area contributed by atoms with Gasteiger partial charge in [-0.3, -0.25) is 4.99 Å². The Balaban J connectivity index is 0.00000225. The minimum atomic E-state index is 0. The first-order valence-corrected chi connectivity index (χ1v) is 9.94. The highest BCUT2D eigenvalue weighted by Crippen LogP contribution is 2.24. The maximum atomic E-state index is 4.31. The van der Waals surface area contributed by atoms with Crippen LogP contribution in [-0.4, -0.2) is 32.6 Å². The Hall–Kier alpha value is -0.800. The van der Waals surface area contributed by atoms with Gasteiger partial charge in [-0.2, -0.15) is 11.3 Å². The fourth-order valence-corrected chi connectivity index (χ4v) is 3.86. The molecule has 1 unspecified atom stereocenters. The topological polar surface area (TPSA) is 39.7 Å². The molecular formula is C18H24BrIN4S. The van der Waals surface area contributed by atoms with Crippen LogP contribution >= 0.6 is 51.2 Å². The lowest BCUT2D eigenvalue weighted by molar-refractivity contribution is 0.565. The SMILES string of the molecule is CN=C(NCc1ccsc1)NCC1CCN(c2ccc(Br)cc2)C1.I. The minimum absolute atomic E-state index is 0. The summed E-state index contributed by atoms with van der Waals surface area (Å²) in [5, 5.41) is 11.1. The fourth-order valence-electron chi connectivity index (χ4n) is 2.93. The van der Waals surface area contributed by atoms with Crippen molar-refractivity contribution >= 4 is 62.9 Å². The second-order valence-corrected chi connectivity index (χ2v) is 7.71. The van der Waals surface area contributed by atoms with E-state index >= 15 is 0 Å².